The van der Waals surface area contributed by atoms with Crippen LogP contribution in [0.4, 0.5) is 11.5 Å². The van der Waals surface area contributed by atoms with Crippen molar-refractivity contribution < 1.29 is 14.7 Å². The molecule has 32 heavy (non-hydrogen) atoms. The molecule has 0 aliphatic rings. The molecule has 162 valence electrons. The summed E-state index contributed by atoms with van der Waals surface area (Å²) in [6.45, 7) is 1.86. The first kappa shape index (κ1) is 21.3. The summed E-state index contributed by atoms with van der Waals surface area (Å²) in [4.78, 5) is 23.8. The van der Waals surface area contributed by atoms with Gasteiger partial charge in [0.25, 0.3) is 5.91 Å². The molecule has 0 aliphatic carbocycles. The largest absolute Gasteiger partial charge is 0.496 e. The molecule has 4 aromatic rings. The fourth-order valence-corrected chi connectivity index (χ4v) is 3.89. The third-order valence-electron chi connectivity index (χ3n) is 5.43. The number of para-hydroxylation sites is 1. The van der Waals surface area contributed by atoms with Gasteiger partial charge in [0.15, 0.2) is 0 Å². The van der Waals surface area contributed by atoms with Gasteiger partial charge in [-0.3, -0.25) is 10.0 Å². The number of hydrogen-bond donors (Lipinski definition) is 2. The number of aromatic nitrogens is 2. The summed E-state index contributed by atoms with van der Waals surface area (Å²) in [5, 5.41) is 10.4. The molecular formula is C25H24N4O3. The highest BCUT2D eigenvalue weighted by Crippen LogP contribution is 2.37. The zero-order valence-electron chi connectivity index (χ0n) is 18.1. The fourth-order valence-electron chi connectivity index (χ4n) is 3.89. The summed E-state index contributed by atoms with van der Waals surface area (Å²) in [5.41, 5.74) is 4.84. The predicted molar refractivity (Wildman–Crippen MR) is 124 cm³/mol. The van der Waals surface area contributed by atoms with Gasteiger partial charge in [0.1, 0.15) is 17.4 Å². The zero-order chi connectivity index (χ0) is 22.7. The number of methoxy groups -OCH3 is 1. The lowest BCUT2D eigenvalue weighted by Crippen LogP contribution is -2.27. The third-order valence-corrected chi connectivity index (χ3v) is 5.43. The molecule has 0 saturated heterocycles. The molecule has 0 radical (unpaired) electrons. The lowest BCUT2D eigenvalue weighted by atomic mass is 9.89. The van der Waals surface area contributed by atoms with Gasteiger partial charge in [-0.1, -0.05) is 42.5 Å². The number of carbonyl (C=O) groups excluding carboxylic acids is 1. The molecule has 3 aromatic carbocycles. The monoisotopic (exact) mass is 428 g/mol. The first-order chi connectivity index (χ1) is 15.5. The molecule has 0 fully saturated rings. The zero-order valence-corrected chi connectivity index (χ0v) is 18.1. The minimum atomic E-state index is -0.756. The highest BCUT2D eigenvalue weighted by molar-refractivity contribution is 5.92. The molecule has 7 nitrogen and oxygen atoms in total. The van der Waals surface area contributed by atoms with E-state index in [0.717, 1.165) is 28.0 Å². The number of hydrogen-bond acceptors (Lipinski definition) is 6. The standard InChI is InChI=1S/C25H24N4O3/c1-16-26-21-12-8-7-11-19(21)24(27-16)29(2)18-13-14-22(32-3)20(15-18)23(25(30)28-31)17-9-5-4-6-10-17/h4-15,23,31H,1-3H3,(H,28,30). The number of amides is 1. The van der Waals surface area contributed by atoms with Crippen molar-refractivity contribution >= 4 is 28.3 Å². The molecule has 4 rings (SSSR count). The Morgan fingerprint density at radius 2 is 1.75 bits per heavy atom. The van der Waals surface area contributed by atoms with Crippen LogP contribution in [0.15, 0.2) is 72.8 Å². The molecular weight excluding hydrogens is 404 g/mol. The van der Waals surface area contributed by atoms with Crippen molar-refractivity contribution in [3.63, 3.8) is 0 Å². The quantitative estimate of drug-likeness (QED) is 0.351. The first-order valence-corrected chi connectivity index (χ1v) is 10.2. The maximum Gasteiger partial charge on any atom is 0.255 e. The Kier molecular flexibility index (Phi) is 6.00. The fraction of sp³-hybridized carbons (Fsp3) is 0.160. The normalized spacial score (nSPS) is 11.8. The van der Waals surface area contributed by atoms with E-state index in [-0.39, 0.29) is 0 Å². The van der Waals surface area contributed by atoms with Gasteiger partial charge in [-0.25, -0.2) is 15.4 Å². The Hall–Kier alpha value is -3.97. The Morgan fingerprint density at radius 3 is 2.47 bits per heavy atom. The number of aryl methyl sites for hydroxylation is 1. The average Bonchev–Trinajstić information content (AvgIpc) is 2.83. The minimum Gasteiger partial charge on any atom is -0.496 e. The number of ether oxygens (including phenoxy) is 1. The van der Waals surface area contributed by atoms with Gasteiger partial charge in [0.05, 0.1) is 18.5 Å². The Morgan fingerprint density at radius 1 is 1.03 bits per heavy atom. The third kappa shape index (κ3) is 3.98. The highest BCUT2D eigenvalue weighted by atomic mass is 16.5. The smallest absolute Gasteiger partial charge is 0.255 e. The summed E-state index contributed by atoms with van der Waals surface area (Å²) in [6, 6.07) is 22.7. The summed E-state index contributed by atoms with van der Waals surface area (Å²) in [7, 11) is 3.48. The Labute approximate surface area is 186 Å². The molecule has 1 heterocycles. The topological polar surface area (TPSA) is 87.6 Å². The number of nitrogens with zero attached hydrogens (tertiary/aromatic N) is 3. The minimum absolute atomic E-state index is 0.544. The van der Waals surface area contributed by atoms with Crippen molar-refractivity contribution in [2.45, 2.75) is 12.8 Å². The van der Waals surface area contributed by atoms with Crippen LogP contribution < -0.4 is 15.1 Å². The van der Waals surface area contributed by atoms with Crippen LogP contribution in [0, 0.1) is 6.92 Å². The van der Waals surface area contributed by atoms with Crippen LogP contribution >= 0.6 is 0 Å². The van der Waals surface area contributed by atoms with E-state index >= 15 is 0 Å². The molecule has 1 atom stereocenters. The number of fused-ring (bicyclic) bond motifs is 1. The summed E-state index contributed by atoms with van der Waals surface area (Å²) in [5.74, 6) is 0.669. The predicted octanol–water partition coefficient (Wildman–Crippen LogP) is 4.35. The van der Waals surface area contributed by atoms with Gasteiger partial charge < -0.3 is 9.64 Å². The van der Waals surface area contributed by atoms with Gasteiger partial charge in [0.2, 0.25) is 0 Å². The highest BCUT2D eigenvalue weighted by Gasteiger charge is 2.27. The van der Waals surface area contributed by atoms with Crippen LogP contribution in [0.25, 0.3) is 10.9 Å². The van der Waals surface area contributed by atoms with Crippen LogP contribution in [-0.4, -0.2) is 35.2 Å². The molecule has 0 spiro atoms. The first-order valence-electron chi connectivity index (χ1n) is 10.2. The van der Waals surface area contributed by atoms with Gasteiger partial charge in [-0.15, -0.1) is 0 Å². The van der Waals surface area contributed by atoms with Crippen LogP contribution in [0.2, 0.25) is 0 Å². The second-order valence-electron chi connectivity index (χ2n) is 7.42. The lowest BCUT2D eigenvalue weighted by Gasteiger charge is -2.24. The second kappa shape index (κ2) is 9.03. The maximum atomic E-state index is 12.7. The molecule has 1 amide bonds. The van der Waals surface area contributed by atoms with E-state index in [1.807, 2.05) is 91.7 Å². The van der Waals surface area contributed by atoms with Gasteiger partial charge in [-0.05, 0) is 42.8 Å². The van der Waals surface area contributed by atoms with E-state index in [0.29, 0.717) is 17.1 Å². The van der Waals surface area contributed by atoms with Crippen LogP contribution in [0.3, 0.4) is 0 Å². The number of benzene rings is 3. The van der Waals surface area contributed by atoms with Crippen LogP contribution in [0.5, 0.6) is 5.75 Å². The average molecular weight is 428 g/mol. The van der Waals surface area contributed by atoms with Gasteiger partial charge in [0, 0.05) is 23.7 Å². The van der Waals surface area contributed by atoms with Crippen molar-refractivity contribution in [1.29, 1.82) is 0 Å². The molecule has 7 heteroatoms. The molecule has 1 unspecified atom stereocenters. The maximum absolute atomic E-state index is 12.7. The second-order valence-corrected chi connectivity index (χ2v) is 7.42. The number of hydroxylamine groups is 1. The number of rotatable bonds is 6. The molecule has 0 aliphatic heterocycles. The SMILES string of the molecule is COc1ccc(N(C)c2nc(C)nc3ccccc23)cc1C(C(=O)NO)c1ccccc1. The Bertz CT molecular complexity index is 1260. The number of anilines is 2. The van der Waals surface area contributed by atoms with E-state index in [1.54, 1.807) is 12.6 Å². The summed E-state index contributed by atoms with van der Waals surface area (Å²) >= 11 is 0. The van der Waals surface area contributed by atoms with Gasteiger partial charge >= 0.3 is 0 Å². The summed E-state index contributed by atoms with van der Waals surface area (Å²) < 4.78 is 5.57. The lowest BCUT2D eigenvalue weighted by molar-refractivity contribution is -0.129. The molecule has 0 bridgehead atoms. The van der Waals surface area contributed by atoms with Crippen molar-refractivity contribution in [2.75, 3.05) is 19.1 Å². The van der Waals surface area contributed by atoms with E-state index < -0.39 is 11.8 Å². The Balaban J connectivity index is 1.86. The van der Waals surface area contributed by atoms with Crippen molar-refractivity contribution in [1.82, 2.24) is 15.4 Å². The number of carbonyl (C=O) groups is 1. The van der Waals surface area contributed by atoms with Gasteiger partial charge in [-0.2, -0.15) is 0 Å². The van der Waals surface area contributed by atoms with Crippen molar-refractivity contribution in [3.05, 3.63) is 89.7 Å². The van der Waals surface area contributed by atoms with E-state index in [1.165, 1.54) is 0 Å². The molecule has 1 aromatic heterocycles. The van der Waals surface area contributed by atoms with Crippen molar-refractivity contribution in [3.8, 4) is 5.75 Å². The van der Waals surface area contributed by atoms with E-state index in [2.05, 4.69) is 9.97 Å². The molecule has 0 saturated carbocycles. The molecule has 2 N–H and O–H groups in total. The van der Waals surface area contributed by atoms with E-state index in [9.17, 15) is 10.0 Å². The van der Waals surface area contributed by atoms with Crippen molar-refractivity contribution in [2.24, 2.45) is 0 Å². The van der Waals surface area contributed by atoms with Crippen LogP contribution in [-0.2, 0) is 4.79 Å². The number of nitrogens with one attached hydrogen (secondary N) is 1. The summed E-state index contributed by atoms with van der Waals surface area (Å²) in [6.07, 6.45) is 0. The van der Waals surface area contributed by atoms with Crippen LogP contribution in [0.1, 0.15) is 22.9 Å². The van der Waals surface area contributed by atoms with E-state index in [4.69, 9.17) is 4.74 Å².